The molecule has 1 fully saturated rings. The van der Waals surface area contributed by atoms with Crippen molar-refractivity contribution >= 4 is 5.91 Å². The van der Waals surface area contributed by atoms with Crippen LogP contribution in [0.3, 0.4) is 0 Å². The van der Waals surface area contributed by atoms with Gasteiger partial charge in [0.2, 0.25) is 5.91 Å². The highest BCUT2D eigenvalue weighted by Gasteiger charge is 2.32. The van der Waals surface area contributed by atoms with Crippen LogP contribution in [0.2, 0.25) is 0 Å². The molecule has 1 aromatic rings. The fraction of sp³-hybridized carbons (Fsp3) is 0.667. The molecule has 7 heteroatoms. The Hall–Kier alpha value is -1.44. The predicted octanol–water partition coefficient (Wildman–Crippen LogP) is -1.18. The lowest BCUT2D eigenvalue weighted by atomic mass is 10.0. The lowest BCUT2D eigenvalue weighted by molar-refractivity contribution is -0.131. The van der Waals surface area contributed by atoms with E-state index in [2.05, 4.69) is 10.4 Å². The van der Waals surface area contributed by atoms with E-state index >= 15 is 0 Å². The molecule has 3 N–H and O–H groups in total. The van der Waals surface area contributed by atoms with Gasteiger partial charge in [0, 0.05) is 19.2 Å². The van der Waals surface area contributed by atoms with Gasteiger partial charge in [0.25, 0.3) is 0 Å². The predicted molar refractivity (Wildman–Crippen MR) is 66.3 cm³/mol. The van der Waals surface area contributed by atoms with Crippen LogP contribution in [0.15, 0.2) is 12.3 Å². The molecule has 7 nitrogen and oxygen atoms in total. The van der Waals surface area contributed by atoms with Gasteiger partial charge in [0.15, 0.2) is 0 Å². The van der Waals surface area contributed by atoms with E-state index in [0.717, 1.165) is 5.69 Å². The minimum absolute atomic E-state index is 0.0973. The van der Waals surface area contributed by atoms with Crippen LogP contribution < -0.4 is 5.32 Å². The zero-order chi connectivity index (χ0) is 13.8. The van der Waals surface area contributed by atoms with E-state index in [1.54, 1.807) is 4.68 Å². The van der Waals surface area contributed by atoms with Crippen molar-refractivity contribution in [3.05, 3.63) is 18.0 Å². The highest BCUT2D eigenvalue weighted by Crippen LogP contribution is 2.08. The molecule has 1 aromatic heterocycles. The quantitative estimate of drug-likeness (QED) is 0.639. The number of carbonyl (C=O) groups excluding carboxylic acids is 1. The van der Waals surface area contributed by atoms with Crippen LogP contribution in [0.25, 0.3) is 0 Å². The Balaban J connectivity index is 1.77. The first-order valence-electron chi connectivity index (χ1n) is 6.29. The largest absolute Gasteiger partial charge is 0.388 e. The third-order valence-electron chi connectivity index (χ3n) is 3.08. The highest BCUT2D eigenvalue weighted by atomic mass is 16.5. The number of carbonyl (C=O) groups is 1. The SMILES string of the molecule is Cc1ccn(CCC(=O)N[C@@H]2COC[C@@H](O)[C@H]2O)n1. The Morgan fingerprint density at radius 2 is 2.37 bits per heavy atom. The van der Waals surface area contributed by atoms with Gasteiger partial charge >= 0.3 is 0 Å². The van der Waals surface area contributed by atoms with Gasteiger partial charge in [-0.05, 0) is 13.0 Å². The summed E-state index contributed by atoms with van der Waals surface area (Å²) >= 11 is 0. The molecule has 1 aliphatic heterocycles. The number of aromatic nitrogens is 2. The van der Waals surface area contributed by atoms with Crippen LogP contribution >= 0.6 is 0 Å². The number of aryl methyl sites for hydroxylation is 2. The van der Waals surface area contributed by atoms with Crippen LogP contribution in [0.5, 0.6) is 0 Å². The second kappa shape index (κ2) is 6.14. The lowest BCUT2D eigenvalue weighted by Gasteiger charge is -2.32. The molecule has 0 saturated carbocycles. The van der Waals surface area contributed by atoms with Crippen molar-refractivity contribution in [2.45, 2.75) is 38.1 Å². The van der Waals surface area contributed by atoms with Crippen molar-refractivity contribution in [2.24, 2.45) is 0 Å². The number of nitrogens with one attached hydrogen (secondary N) is 1. The lowest BCUT2D eigenvalue weighted by Crippen LogP contribution is -2.55. The number of rotatable bonds is 4. The number of nitrogens with zero attached hydrogens (tertiary/aromatic N) is 2. The van der Waals surface area contributed by atoms with Gasteiger partial charge in [-0.2, -0.15) is 5.10 Å². The van der Waals surface area contributed by atoms with E-state index < -0.39 is 18.2 Å². The highest BCUT2D eigenvalue weighted by molar-refractivity contribution is 5.76. The summed E-state index contributed by atoms with van der Waals surface area (Å²) < 4.78 is 6.78. The van der Waals surface area contributed by atoms with Crippen molar-refractivity contribution < 1.29 is 19.7 Å². The van der Waals surface area contributed by atoms with E-state index in [-0.39, 0.29) is 25.5 Å². The van der Waals surface area contributed by atoms with Gasteiger partial charge in [-0.3, -0.25) is 9.48 Å². The van der Waals surface area contributed by atoms with Crippen molar-refractivity contribution in [1.82, 2.24) is 15.1 Å². The summed E-state index contributed by atoms with van der Waals surface area (Å²) in [5, 5.41) is 26.0. The van der Waals surface area contributed by atoms with E-state index in [1.165, 1.54) is 0 Å². The standard InChI is InChI=1S/C12H19N3O4/c1-8-2-4-15(14-8)5-3-11(17)13-9-6-19-7-10(16)12(9)18/h2,4,9-10,12,16,18H,3,5-7H2,1H3,(H,13,17)/t9-,10-,12+/m1/s1. The van der Waals surface area contributed by atoms with Crippen molar-refractivity contribution in [1.29, 1.82) is 0 Å². The molecule has 0 aliphatic carbocycles. The zero-order valence-corrected chi connectivity index (χ0v) is 10.8. The smallest absolute Gasteiger partial charge is 0.222 e. The van der Waals surface area contributed by atoms with Gasteiger partial charge in [0.1, 0.15) is 12.2 Å². The summed E-state index contributed by atoms with van der Waals surface area (Å²) in [6, 6.07) is 1.31. The second-order valence-electron chi connectivity index (χ2n) is 4.74. The molecular weight excluding hydrogens is 250 g/mol. The number of ether oxygens (including phenoxy) is 1. The number of amides is 1. The van der Waals surface area contributed by atoms with Gasteiger partial charge in [-0.15, -0.1) is 0 Å². The number of hydrogen-bond acceptors (Lipinski definition) is 5. The Morgan fingerprint density at radius 3 is 3.05 bits per heavy atom. The van der Waals surface area contributed by atoms with Crippen LogP contribution in [-0.2, 0) is 16.1 Å². The first kappa shape index (κ1) is 14.0. The molecule has 1 amide bonds. The van der Waals surface area contributed by atoms with Gasteiger partial charge in [0.05, 0.1) is 24.9 Å². The minimum atomic E-state index is -0.982. The fourth-order valence-corrected chi connectivity index (χ4v) is 1.99. The molecule has 3 atom stereocenters. The van der Waals surface area contributed by atoms with Crippen LogP contribution in [0.4, 0.5) is 0 Å². The number of hydrogen-bond donors (Lipinski definition) is 3. The van der Waals surface area contributed by atoms with Crippen LogP contribution in [-0.4, -0.2) is 57.4 Å². The van der Waals surface area contributed by atoms with E-state index in [9.17, 15) is 15.0 Å². The van der Waals surface area contributed by atoms with Crippen LogP contribution in [0, 0.1) is 6.92 Å². The third-order valence-corrected chi connectivity index (χ3v) is 3.08. The normalized spacial score (nSPS) is 27.2. The average molecular weight is 269 g/mol. The summed E-state index contributed by atoms with van der Waals surface area (Å²) in [7, 11) is 0. The fourth-order valence-electron chi connectivity index (χ4n) is 1.99. The summed E-state index contributed by atoms with van der Waals surface area (Å²) in [6.45, 7) is 2.67. The molecule has 106 valence electrons. The molecular formula is C12H19N3O4. The molecule has 19 heavy (non-hydrogen) atoms. The molecule has 0 unspecified atom stereocenters. The Bertz CT molecular complexity index is 434. The Labute approximate surface area is 111 Å². The Kier molecular flexibility index (Phi) is 4.52. The summed E-state index contributed by atoms with van der Waals surface area (Å²) in [4.78, 5) is 11.7. The average Bonchev–Trinajstić information content (AvgIpc) is 2.78. The van der Waals surface area contributed by atoms with Crippen molar-refractivity contribution in [3.8, 4) is 0 Å². The molecule has 0 radical (unpaired) electrons. The Morgan fingerprint density at radius 1 is 1.58 bits per heavy atom. The molecule has 0 aromatic carbocycles. The second-order valence-corrected chi connectivity index (χ2v) is 4.74. The van der Waals surface area contributed by atoms with E-state index in [1.807, 2.05) is 19.2 Å². The first-order chi connectivity index (χ1) is 9.06. The van der Waals surface area contributed by atoms with Crippen molar-refractivity contribution in [3.63, 3.8) is 0 Å². The van der Waals surface area contributed by atoms with Gasteiger partial charge < -0.3 is 20.3 Å². The third kappa shape index (κ3) is 3.76. The molecule has 0 spiro atoms. The number of aliphatic hydroxyl groups excluding tert-OH is 2. The summed E-state index contributed by atoms with van der Waals surface area (Å²) in [5.41, 5.74) is 0.902. The maximum Gasteiger partial charge on any atom is 0.222 e. The van der Waals surface area contributed by atoms with Crippen molar-refractivity contribution in [2.75, 3.05) is 13.2 Å². The topological polar surface area (TPSA) is 96.6 Å². The molecule has 1 aliphatic rings. The molecule has 2 heterocycles. The monoisotopic (exact) mass is 269 g/mol. The maximum atomic E-state index is 11.7. The maximum absolute atomic E-state index is 11.7. The molecule has 0 bridgehead atoms. The first-order valence-corrected chi connectivity index (χ1v) is 6.29. The molecule has 1 saturated heterocycles. The van der Waals surface area contributed by atoms with E-state index in [4.69, 9.17) is 4.74 Å². The van der Waals surface area contributed by atoms with Crippen LogP contribution in [0.1, 0.15) is 12.1 Å². The zero-order valence-electron chi connectivity index (χ0n) is 10.8. The summed E-state index contributed by atoms with van der Waals surface area (Å²) in [6.07, 6.45) is 0.142. The summed E-state index contributed by atoms with van der Waals surface area (Å²) in [5.74, 6) is -0.199. The number of aliphatic hydroxyl groups is 2. The van der Waals surface area contributed by atoms with Gasteiger partial charge in [-0.25, -0.2) is 0 Å². The molecule has 2 rings (SSSR count). The minimum Gasteiger partial charge on any atom is -0.388 e. The van der Waals surface area contributed by atoms with E-state index in [0.29, 0.717) is 6.54 Å². The van der Waals surface area contributed by atoms with Gasteiger partial charge in [-0.1, -0.05) is 0 Å².